The van der Waals surface area contributed by atoms with E-state index in [0.29, 0.717) is 18.7 Å². The van der Waals surface area contributed by atoms with Crippen molar-refractivity contribution < 1.29 is 4.79 Å². The highest BCUT2D eigenvalue weighted by molar-refractivity contribution is 5.94. The number of para-hydroxylation sites is 1. The predicted molar refractivity (Wildman–Crippen MR) is 115 cm³/mol. The van der Waals surface area contributed by atoms with Gasteiger partial charge in [-0.05, 0) is 30.5 Å². The summed E-state index contributed by atoms with van der Waals surface area (Å²) in [4.78, 5) is 37.8. The second-order valence-corrected chi connectivity index (χ2v) is 7.67. The average molecular weight is 403 g/mol. The number of carbonyl (C=O) groups is 1. The number of aromatic nitrogens is 3. The van der Waals surface area contributed by atoms with Crippen LogP contribution in [-0.4, -0.2) is 51.5 Å². The Morgan fingerprint density at radius 2 is 1.90 bits per heavy atom. The van der Waals surface area contributed by atoms with Crippen LogP contribution < -0.4 is 10.5 Å². The van der Waals surface area contributed by atoms with Gasteiger partial charge in [0.1, 0.15) is 0 Å². The number of hydrogen-bond acceptors (Lipinski definition) is 5. The number of amides is 1. The Morgan fingerprint density at radius 3 is 2.63 bits per heavy atom. The lowest BCUT2D eigenvalue weighted by Crippen LogP contribution is -2.37. The highest BCUT2D eigenvalue weighted by Gasteiger charge is 2.27. The summed E-state index contributed by atoms with van der Waals surface area (Å²) in [7, 11) is 1.66. The molecular formula is C23H25N5O2. The fourth-order valence-electron chi connectivity index (χ4n) is 3.93. The minimum atomic E-state index is -0.127. The van der Waals surface area contributed by atoms with Crippen molar-refractivity contribution in [2.24, 2.45) is 13.0 Å². The maximum absolute atomic E-state index is 13.2. The van der Waals surface area contributed by atoms with Crippen LogP contribution in [0, 0.1) is 5.92 Å². The maximum atomic E-state index is 13.2. The van der Waals surface area contributed by atoms with Gasteiger partial charge in [-0.2, -0.15) is 0 Å². The normalized spacial score (nSPS) is 16.9. The largest absolute Gasteiger partial charge is 0.369 e. The third kappa shape index (κ3) is 4.56. The van der Waals surface area contributed by atoms with Crippen LogP contribution in [0.3, 0.4) is 0 Å². The Bertz CT molecular complexity index is 1050. The minimum Gasteiger partial charge on any atom is -0.369 e. The molecule has 154 valence electrons. The quantitative estimate of drug-likeness (QED) is 0.666. The highest BCUT2D eigenvalue weighted by atomic mass is 16.2. The smallest absolute Gasteiger partial charge is 0.255 e. The summed E-state index contributed by atoms with van der Waals surface area (Å²) in [5, 5.41) is 0. The van der Waals surface area contributed by atoms with Crippen molar-refractivity contribution in [1.82, 2.24) is 19.4 Å². The zero-order valence-corrected chi connectivity index (χ0v) is 17.0. The molecule has 1 aliphatic rings. The highest BCUT2D eigenvalue weighted by Crippen LogP contribution is 2.21. The van der Waals surface area contributed by atoms with Crippen molar-refractivity contribution in [1.29, 1.82) is 0 Å². The van der Waals surface area contributed by atoms with Gasteiger partial charge in [0.15, 0.2) is 0 Å². The second-order valence-electron chi connectivity index (χ2n) is 7.67. The summed E-state index contributed by atoms with van der Waals surface area (Å²) >= 11 is 0. The van der Waals surface area contributed by atoms with E-state index in [4.69, 9.17) is 0 Å². The number of hydrogen-bond donors (Lipinski definition) is 0. The molecule has 0 radical (unpaired) electrons. The van der Waals surface area contributed by atoms with Crippen LogP contribution in [0.5, 0.6) is 0 Å². The van der Waals surface area contributed by atoms with Crippen LogP contribution in [0.4, 0.5) is 5.69 Å². The van der Waals surface area contributed by atoms with Crippen LogP contribution in [0.1, 0.15) is 16.1 Å². The van der Waals surface area contributed by atoms with E-state index < -0.39 is 0 Å². The first-order valence-corrected chi connectivity index (χ1v) is 10.1. The Kier molecular flexibility index (Phi) is 5.88. The summed E-state index contributed by atoms with van der Waals surface area (Å²) in [6.45, 7) is 2.82. The number of nitrogens with zero attached hydrogens (tertiary/aromatic N) is 5. The van der Waals surface area contributed by atoms with E-state index in [-0.39, 0.29) is 17.4 Å². The molecule has 1 aromatic carbocycles. The second kappa shape index (κ2) is 8.90. The van der Waals surface area contributed by atoms with Gasteiger partial charge in [-0.3, -0.25) is 19.6 Å². The molecule has 1 fully saturated rings. The summed E-state index contributed by atoms with van der Waals surface area (Å²) in [5.74, 6) is 0.158. The molecule has 1 aliphatic heterocycles. The van der Waals surface area contributed by atoms with Gasteiger partial charge in [-0.15, -0.1) is 0 Å². The van der Waals surface area contributed by atoms with Crippen molar-refractivity contribution in [3.8, 4) is 0 Å². The van der Waals surface area contributed by atoms with E-state index >= 15 is 0 Å². The molecule has 0 bridgehead atoms. The zero-order chi connectivity index (χ0) is 20.9. The molecule has 1 amide bonds. The zero-order valence-electron chi connectivity index (χ0n) is 17.0. The lowest BCUT2D eigenvalue weighted by atomic mass is 10.0. The molecule has 0 spiro atoms. The number of anilines is 1. The van der Waals surface area contributed by atoms with E-state index in [9.17, 15) is 9.59 Å². The van der Waals surface area contributed by atoms with Gasteiger partial charge in [-0.1, -0.05) is 18.2 Å². The summed E-state index contributed by atoms with van der Waals surface area (Å²) in [6, 6.07) is 13.3. The van der Waals surface area contributed by atoms with E-state index in [1.54, 1.807) is 37.9 Å². The van der Waals surface area contributed by atoms with Crippen molar-refractivity contribution in [2.75, 3.05) is 31.1 Å². The average Bonchev–Trinajstić information content (AvgIpc) is 2.99. The van der Waals surface area contributed by atoms with E-state index in [1.807, 2.05) is 23.1 Å². The first-order chi connectivity index (χ1) is 14.6. The summed E-state index contributed by atoms with van der Waals surface area (Å²) in [5.41, 5.74) is 2.48. The van der Waals surface area contributed by atoms with E-state index in [0.717, 1.165) is 30.9 Å². The van der Waals surface area contributed by atoms with Gasteiger partial charge in [0.25, 0.3) is 5.91 Å². The standard InChI is InChI=1S/C23H25N5O2/c1-26-17-19(7-8-22(26)29)23(30)28-12-11-27(21-5-3-2-4-6-21)15-18(16-28)13-20-14-24-9-10-25-20/h2-10,14,17-18H,11-13,15-16H2,1H3. The molecule has 3 heterocycles. The van der Waals surface area contributed by atoms with Crippen molar-refractivity contribution in [2.45, 2.75) is 6.42 Å². The van der Waals surface area contributed by atoms with Gasteiger partial charge in [0.2, 0.25) is 5.56 Å². The minimum absolute atomic E-state index is 0.0512. The fraction of sp³-hybridized carbons (Fsp3) is 0.304. The van der Waals surface area contributed by atoms with Crippen LogP contribution in [0.25, 0.3) is 0 Å². The van der Waals surface area contributed by atoms with Crippen LogP contribution >= 0.6 is 0 Å². The number of pyridine rings is 1. The van der Waals surface area contributed by atoms with Crippen molar-refractivity contribution >= 4 is 11.6 Å². The first kappa shape index (κ1) is 19.8. The van der Waals surface area contributed by atoms with E-state index in [2.05, 4.69) is 27.0 Å². The van der Waals surface area contributed by atoms with Gasteiger partial charge in [-0.25, -0.2) is 0 Å². The van der Waals surface area contributed by atoms with Gasteiger partial charge < -0.3 is 14.4 Å². The number of aryl methyl sites for hydroxylation is 1. The number of benzene rings is 1. The fourth-order valence-corrected chi connectivity index (χ4v) is 3.93. The number of carbonyl (C=O) groups excluding carboxylic acids is 1. The van der Waals surface area contributed by atoms with Crippen molar-refractivity contribution in [3.05, 3.63) is 88.9 Å². The third-order valence-corrected chi connectivity index (χ3v) is 5.45. The van der Waals surface area contributed by atoms with Crippen LogP contribution in [-0.2, 0) is 13.5 Å². The first-order valence-electron chi connectivity index (χ1n) is 10.1. The lowest BCUT2D eigenvalue weighted by Gasteiger charge is -2.25. The molecule has 0 N–H and O–H groups in total. The van der Waals surface area contributed by atoms with Crippen LogP contribution in [0.2, 0.25) is 0 Å². The molecule has 1 saturated heterocycles. The molecule has 7 nitrogen and oxygen atoms in total. The molecule has 1 unspecified atom stereocenters. The van der Waals surface area contributed by atoms with Gasteiger partial charge in [0.05, 0.1) is 11.3 Å². The van der Waals surface area contributed by atoms with Gasteiger partial charge in [0, 0.05) is 69.8 Å². The van der Waals surface area contributed by atoms with E-state index in [1.165, 1.54) is 10.6 Å². The Balaban J connectivity index is 1.59. The SMILES string of the molecule is Cn1cc(C(=O)N2CCN(c3ccccc3)CC(Cc3cnccn3)C2)ccc1=O. The third-order valence-electron chi connectivity index (χ3n) is 5.45. The molecular weight excluding hydrogens is 378 g/mol. The Morgan fingerprint density at radius 1 is 1.07 bits per heavy atom. The molecule has 7 heteroatoms. The molecule has 2 aromatic heterocycles. The predicted octanol–water partition coefficient (Wildman–Crippen LogP) is 2.00. The summed E-state index contributed by atoms with van der Waals surface area (Å²) < 4.78 is 1.44. The molecule has 0 saturated carbocycles. The topological polar surface area (TPSA) is 71.3 Å². The lowest BCUT2D eigenvalue weighted by molar-refractivity contribution is 0.0746. The molecule has 3 aromatic rings. The van der Waals surface area contributed by atoms with Crippen LogP contribution in [0.15, 0.2) is 72.0 Å². The summed E-state index contributed by atoms with van der Waals surface area (Å²) in [6.07, 6.45) is 7.52. The Labute approximate surface area is 175 Å². The molecule has 1 atom stereocenters. The monoisotopic (exact) mass is 403 g/mol. The molecule has 30 heavy (non-hydrogen) atoms. The molecule has 4 rings (SSSR count). The number of rotatable bonds is 4. The maximum Gasteiger partial charge on any atom is 0.255 e. The van der Waals surface area contributed by atoms with Crippen molar-refractivity contribution in [3.63, 3.8) is 0 Å². The Hall–Kier alpha value is -3.48. The molecule has 0 aliphatic carbocycles. The van der Waals surface area contributed by atoms with Gasteiger partial charge >= 0.3 is 0 Å².